The number of aromatic nitrogens is 1. The number of hydrogen-bond donors (Lipinski definition) is 1. The van der Waals surface area contributed by atoms with Crippen molar-refractivity contribution in [3.63, 3.8) is 0 Å². The van der Waals surface area contributed by atoms with E-state index in [4.69, 9.17) is 0 Å². The monoisotopic (exact) mass is 360 g/mol. The van der Waals surface area contributed by atoms with Gasteiger partial charge in [0.15, 0.2) is 0 Å². The lowest BCUT2D eigenvalue weighted by atomic mass is 10.1. The predicted molar refractivity (Wildman–Crippen MR) is 109 cm³/mol. The summed E-state index contributed by atoms with van der Waals surface area (Å²) in [6.07, 6.45) is 0. The SMILES string of the molecule is Cc1cccc(NC(=O)c2cc3sccc3n2Cc2ccccc2)c1C. The van der Waals surface area contributed by atoms with Crippen LogP contribution in [0.15, 0.2) is 66.0 Å². The minimum Gasteiger partial charge on any atom is -0.331 e. The number of fused-ring (bicyclic) bond motifs is 1. The fourth-order valence-corrected chi connectivity index (χ4v) is 4.00. The second-order valence-corrected chi connectivity index (χ2v) is 7.42. The quantitative estimate of drug-likeness (QED) is 0.503. The highest BCUT2D eigenvalue weighted by Gasteiger charge is 2.17. The lowest BCUT2D eigenvalue weighted by Crippen LogP contribution is -2.18. The summed E-state index contributed by atoms with van der Waals surface area (Å²) in [4.78, 5) is 13.0. The molecule has 26 heavy (non-hydrogen) atoms. The standard InChI is InChI=1S/C22H20N2OS/c1-15-7-6-10-18(16(15)2)23-22(25)20-13-21-19(11-12-26-21)24(20)14-17-8-4-3-5-9-17/h3-13H,14H2,1-2H3,(H,23,25). The van der Waals surface area contributed by atoms with E-state index in [0.29, 0.717) is 12.2 Å². The molecule has 2 aromatic heterocycles. The second-order valence-electron chi connectivity index (χ2n) is 6.47. The van der Waals surface area contributed by atoms with Crippen molar-refractivity contribution in [2.75, 3.05) is 5.32 Å². The summed E-state index contributed by atoms with van der Waals surface area (Å²) < 4.78 is 3.23. The fourth-order valence-electron chi connectivity index (χ4n) is 3.17. The van der Waals surface area contributed by atoms with E-state index in [1.807, 2.05) is 43.3 Å². The predicted octanol–water partition coefficient (Wildman–Crippen LogP) is 5.62. The maximum atomic E-state index is 13.0. The average molecular weight is 360 g/mol. The molecule has 3 nitrogen and oxygen atoms in total. The van der Waals surface area contributed by atoms with Crippen LogP contribution in [0.2, 0.25) is 0 Å². The summed E-state index contributed by atoms with van der Waals surface area (Å²) in [5, 5.41) is 5.16. The zero-order valence-corrected chi connectivity index (χ0v) is 15.6. The molecule has 0 atom stereocenters. The van der Waals surface area contributed by atoms with Gasteiger partial charge in [0.2, 0.25) is 0 Å². The zero-order chi connectivity index (χ0) is 18.1. The minimum absolute atomic E-state index is 0.0713. The first kappa shape index (κ1) is 16.6. The van der Waals surface area contributed by atoms with Crippen molar-refractivity contribution >= 4 is 33.1 Å². The number of anilines is 1. The Hall–Kier alpha value is -2.85. The summed E-state index contributed by atoms with van der Waals surface area (Å²) in [5.74, 6) is -0.0713. The molecular weight excluding hydrogens is 340 g/mol. The highest BCUT2D eigenvalue weighted by Crippen LogP contribution is 2.27. The number of nitrogens with one attached hydrogen (secondary N) is 1. The van der Waals surface area contributed by atoms with E-state index < -0.39 is 0 Å². The molecule has 0 aliphatic carbocycles. The molecule has 0 aliphatic heterocycles. The number of carbonyl (C=O) groups excluding carboxylic acids is 1. The summed E-state index contributed by atoms with van der Waals surface area (Å²) in [6.45, 7) is 4.77. The highest BCUT2D eigenvalue weighted by molar-refractivity contribution is 7.17. The van der Waals surface area contributed by atoms with Crippen molar-refractivity contribution in [3.05, 3.63) is 88.4 Å². The molecule has 0 unspecified atom stereocenters. The van der Waals surface area contributed by atoms with Gasteiger partial charge in [0.1, 0.15) is 5.69 Å². The number of benzene rings is 2. The van der Waals surface area contributed by atoms with Gasteiger partial charge in [0.25, 0.3) is 5.91 Å². The molecule has 4 heteroatoms. The van der Waals surface area contributed by atoms with Crippen LogP contribution in [0, 0.1) is 13.8 Å². The number of amides is 1. The molecule has 1 amide bonds. The summed E-state index contributed by atoms with van der Waals surface area (Å²) in [6, 6.07) is 20.3. The van der Waals surface area contributed by atoms with Crippen molar-refractivity contribution in [1.29, 1.82) is 0 Å². The molecule has 2 aromatic carbocycles. The molecule has 0 fully saturated rings. The highest BCUT2D eigenvalue weighted by atomic mass is 32.1. The second kappa shape index (κ2) is 6.81. The molecule has 0 saturated carbocycles. The van der Waals surface area contributed by atoms with Crippen LogP contribution in [0.3, 0.4) is 0 Å². The van der Waals surface area contributed by atoms with Gasteiger partial charge in [0.05, 0.1) is 10.2 Å². The Labute approximate surface area is 156 Å². The van der Waals surface area contributed by atoms with Gasteiger partial charge in [-0.25, -0.2) is 0 Å². The first-order valence-corrected chi connectivity index (χ1v) is 9.49. The number of aryl methyl sites for hydroxylation is 1. The van der Waals surface area contributed by atoms with Gasteiger partial charge >= 0.3 is 0 Å². The first-order valence-electron chi connectivity index (χ1n) is 8.62. The molecule has 0 spiro atoms. The van der Waals surface area contributed by atoms with E-state index in [1.165, 1.54) is 11.1 Å². The molecule has 4 aromatic rings. The fraction of sp³-hybridized carbons (Fsp3) is 0.136. The van der Waals surface area contributed by atoms with Crippen LogP contribution in [-0.4, -0.2) is 10.5 Å². The molecule has 0 saturated heterocycles. The zero-order valence-electron chi connectivity index (χ0n) is 14.8. The van der Waals surface area contributed by atoms with E-state index in [-0.39, 0.29) is 5.91 Å². The number of nitrogens with zero attached hydrogens (tertiary/aromatic N) is 1. The van der Waals surface area contributed by atoms with Crippen molar-refractivity contribution in [2.24, 2.45) is 0 Å². The Morgan fingerprint density at radius 1 is 1.04 bits per heavy atom. The average Bonchev–Trinajstić information content (AvgIpc) is 3.23. The van der Waals surface area contributed by atoms with E-state index in [9.17, 15) is 4.79 Å². The molecule has 0 aliphatic rings. The molecular formula is C22H20N2OS. The number of hydrogen-bond acceptors (Lipinski definition) is 2. The number of thiophene rings is 1. The van der Waals surface area contributed by atoms with Gasteiger partial charge in [-0.1, -0.05) is 42.5 Å². The molecule has 130 valence electrons. The normalized spacial score (nSPS) is 11.0. The largest absolute Gasteiger partial charge is 0.331 e. The molecule has 2 heterocycles. The summed E-state index contributed by atoms with van der Waals surface area (Å²) >= 11 is 1.66. The van der Waals surface area contributed by atoms with Crippen LogP contribution in [0.5, 0.6) is 0 Å². The van der Waals surface area contributed by atoms with E-state index in [2.05, 4.69) is 46.5 Å². The molecule has 1 N–H and O–H groups in total. The van der Waals surface area contributed by atoms with E-state index in [1.54, 1.807) is 11.3 Å². The van der Waals surface area contributed by atoms with E-state index in [0.717, 1.165) is 21.5 Å². The van der Waals surface area contributed by atoms with Gasteiger partial charge in [0, 0.05) is 12.2 Å². The molecule has 0 radical (unpaired) electrons. The van der Waals surface area contributed by atoms with E-state index >= 15 is 0 Å². The lowest BCUT2D eigenvalue weighted by Gasteiger charge is -2.13. The van der Waals surface area contributed by atoms with Gasteiger partial charge in [-0.3, -0.25) is 4.79 Å². The molecule has 0 bridgehead atoms. The van der Waals surface area contributed by atoms with Gasteiger partial charge in [-0.15, -0.1) is 11.3 Å². The third-order valence-corrected chi connectivity index (χ3v) is 5.64. The smallest absolute Gasteiger partial charge is 0.272 e. The Balaban J connectivity index is 1.71. The minimum atomic E-state index is -0.0713. The van der Waals surface area contributed by atoms with Crippen LogP contribution in [0.4, 0.5) is 5.69 Å². The van der Waals surface area contributed by atoms with Crippen molar-refractivity contribution in [1.82, 2.24) is 4.57 Å². The van der Waals surface area contributed by atoms with Crippen LogP contribution in [-0.2, 0) is 6.54 Å². The number of carbonyl (C=O) groups is 1. The maximum absolute atomic E-state index is 13.0. The Morgan fingerprint density at radius 2 is 1.85 bits per heavy atom. The van der Waals surface area contributed by atoms with Crippen LogP contribution in [0.25, 0.3) is 10.2 Å². The summed E-state index contributed by atoms with van der Waals surface area (Å²) in [7, 11) is 0. The van der Waals surface area contributed by atoms with Gasteiger partial charge in [-0.2, -0.15) is 0 Å². The van der Waals surface area contributed by atoms with Gasteiger partial charge in [-0.05, 0) is 54.1 Å². The van der Waals surface area contributed by atoms with Crippen LogP contribution < -0.4 is 5.32 Å². The lowest BCUT2D eigenvalue weighted by molar-refractivity contribution is 0.101. The topological polar surface area (TPSA) is 34.0 Å². The number of rotatable bonds is 4. The van der Waals surface area contributed by atoms with Crippen molar-refractivity contribution in [2.45, 2.75) is 20.4 Å². The molecule has 4 rings (SSSR count). The Morgan fingerprint density at radius 3 is 2.65 bits per heavy atom. The summed E-state index contributed by atoms with van der Waals surface area (Å²) in [5.41, 5.74) is 6.11. The Kier molecular flexibility index (Phi) is 4.35. The first-order chi connectivity index (χ1) is 12.6. The van der Waals surface area contributed by atoms with Gasteiger partial charge < -0.3 is 9.88 Å². The maximum Gasteiger partial charge on any atom is 0.272 e. The van der Waals surface area contributed by atoms with Crippen molar-refractivity contribution < 1.29 is 4.79 Å². The third kappa shape index (κ3) is 3.04. The third-order valence-electron chi connectivity index (χ3n) is 4.79. The Bertz CT molecular complexity index is 1080. The van der Waals surface area contributed by atoms with Crippen LogP contribution in [0.1, 0.15) is 27.2 Å². The van der Waals surface area contributed by atoms with Crippen molar-refractivity contribution in [3.8, 4) is 0 Å². The van der Waals surface area contributed by atoms with Crippen LogP contribution >= 0.6 is 11.3 Å².